The lowest BCUT2D eigenvalue weighted by atomic mass is 10.1. The van der Waals surface area contributed by atoms with Gasteiger partial charge in [-0.05, 0) is 26.3 Å². The summed E-state index contributed by atoms with van der Waals surface area (Å²) < 4.78 is 10.1. The zero-order valence-corrected chi connectivity index (χ0v) is 15.6. The van der Waals surface area contributed by atoms with E-state index >= 15 is 0 Å². The molecule has 0 aliphatic rings. The van der Waals surface area contributed by atoms with Crippen LogP contribution >= 0.6 is 0 Å². The molecule has 8 heteroatoms. The fourth-order valence-electron chi connectivity index (χ4n) is 2.28. The van der Waals surface area contributed by atoms with Crippen molar-refractivity contribution in [3.63, 3.8) is 0 Å². The van der Waals surface area contributed by atoms with Crippen molar-refractivity contribution >= 4 is 23.1 Å². The van der Waals surface area contributed by atoms with Gasteiger partial charge < -0.3 is 14.8 Å². The molecule has 0 spiro atoms. The molecule has 1 rings (SSSR count). The molecule has 0 unspecified atom stereocenters. The molecule has 0 aliphatic heterocycles. The van der Waals surface area contributed by atoms with E-state index in [0.29, 0.717) is 6.54 Å². The number of nitrogens with one attached hydrogen (secondary N) is 1. The number of hydrogen-bond donors (Lipinski definition) is 1. The van der Waals surface area contributed by atoms with E-state index in [4.69, 9.17) is 9.47 Å². The molecule has 26 heavy (non-hydrogen) atoms. The second-order valence-corrected chi connectivity index (χ2v) is 5.33. The summed E-state index contributed by atoms with van der Waals surface area (Å²) >= 11 is 0. The minimum Gasteiger partial charge on any atom is -0.490 e. The summed E-state index contributed by atoms with van der Waals surface area (Å²) in [5.74, 6) is -0.578. The number of allylic oxidation sites excluding steroid dienone is 1. The Hall–Kier alpha value is -2.90. The summed E-state index contributed by atoms with van der Waals surface area (Å²) in [6.07, 6.45) is 5.13. The highest BCUT2D eigenvalue weighted by Gasteiger charge is 2.24. The molecule has 8 nitrogen and oxygen atoms in total. The maximum atomic E-state index is 12.0. The first-order chi connectivity index (χ1) is 12.5. The number of nitrogens with zero attached hydrogens (tertiary/aromatic N) is 2. The number of carbonyl (C=O) groups is 1. The van der Waals surface area contributed by atoms with Gasteiger partial charge in [0.1, 0.15) is 5.69 Å². The van der Waals surface area contributed by atoms with E-state index in [1.807, 2.05) is 19.9 Å². The maximum absolute atomic E-state index is 12.0. The number of rotatable bonds is 10. The molecule has 0 aromatic heterocycles. The van der Waals surface area contributed by atoms with Crippen LogP contribution in [0.4, 0.5) is 11.4 Å². The van der Waals surface area contributed by atoms with Gasteiger partial charge in [-0.15, -0.1) is 0 Å². The van der Waals surface area contributed by atoms with E-state index in [0.717, 1.165) is 18.6 Å². The van der Waals surface area contributed by atoms with Crippen LogP contribution in [-0.2, 0) is 4.74 Å². The summed E-state index contributed by atoms with van der Waals surface area (Å²) in [6.45, 7) is 6.09. The highest BCUT2D eigenvalue weighted by molar-refractivity contribution is 5.94. The average Bonchev–Trinajstić information content (AvgIpc) is 2.63. The fraction of sp³-hybridized carbons (Fsp3) is 0.444. The number of benzene rings is 1. The van der Waals surface area contributed by atoms with Gasteiger partial charge in [-0.1, -0.05) is 19.4 Å². The molecule has 0 saturated heterocycles. The zero-order valence-electron chi connectivity index (χ0n) is 15.6. The van der Waals surface area contributed by atoms with Gasteiger partial charge in [-0.25, -0.2) is 4.79 Å². The van der Waals surface area contributed by atoms with Crippen LogP contribution in [0.5, 0.6) is 5.75 Å². The molecule has 0 radical (unpaired) electrons. The van der Waals surface area contributed by atoms with Crippen LogP contribution in [-0.4, -0.2) is 36.9 Å². The molecule has 1 N–H and O–H groups in total. The molecule has 1 aromatic carbocycles. The monoisotopic (exact) mass is 363 g/mol. The Morgan fingerprint density at radius 1 is 1.38 bits per heavy atom. The van der Waals surface area contributed by atoms with Gasteiger partial charge in [0, 0.05) is 18.0 Å². The molecule has 0 aliphatic carbocycles. The lowest BCUT2D eigenvalue weighted by molar-refractivity contribution is -0.384. The molecule has 0 amide bonds. The zero-order chi connectivity index (χ0) is 19.5. The second-order valence-electron chi connectivity index (χ2n) is 5.33. The molecular formula is C18H25N3O5. The first-order valence-corrected chi connectivity index (χ1v) is 8.42. The third kappa shape index (κ3) is 5.87. The number of nitro groups is 1. The van der Waals surface area contributed by atoms with Gasteiger partial charge in [0.15, 0.2) is 5.75 Å². The van der Waals surface area contributed by atoms with E-state index < -0.39 is 10.9 Å². The quantitative estimate of drug-likeness (QED) is 0.292. The Bertz CT molecular complexity index is 698. The van der Waals surface area contributed by atoms with Crippen LogP contribution < -0.4 is 10.1 Å². The number of anilines is 1. The normalized spacial score (nSPS) is 11.5. The van der Waals surface area contributed by atoms with Gasteiger partial charge in [-0.2, -0.15) is 0 Å². The second kappa shape index (κ2) is 10.9. The number of carbonyl (C=O) groups excluding carboxylic acids is 1. The minimum absolute atomic E-state index is 0.00881. The summed E-state index contributed by atoms with van der Waals surface area (Å²) in [6, 6.07) is 2.71. The molecule has 0 fully saturated rings. The minimum atomic E-state index is -0.569. The summed E-state index contributed by atoms with van der Waals surface area (Å²) in [5, 5.41) is 14.5. The van der Waals surface area contributed by atoms with E-state index in [2.05, 4.69) is 10.3 Å². The van der Waals surface area contributed by atoms with Crippen LogP contribution in [0.25, 0.3) is 0 Å². The first kappa shape index (κ1) is 21.1. The largest absolute Gasteiger partial charge is 0.490 e. The standard InChI is InChI=1S/C18H25N3O5/c1-5-8-14(19-9-6-2)12-20-15-10-13(18(22)26-7-3)11-16(25-4)17(15)21(23)24/h6,9-11,20H,5,7-8,12H2,1-4H3/b9-6-,19-14?. The van der Waals surface area contributed by atoms with Crippen molar-refractivity contribution in [2.24, 2.45) is 4.99 Å². The smallest absolute Gasteiger partial charge is 0.338 e. The van der Waals surface area contributed by atoms with E-state index in [-0.39, 0.29) is 29.3 Å². The van der Waals surface area contributed by atoms with Crippen molar-refractivity contribution < 1.29 is 19.2 Å². The Balaban J connectivity index is 3.26. The number of methoxy groups -OCH3 is 1. The van der Waals surface area contributed by atoms with E-state index in [1.54, 1.807) is 13.1 Å². The summed E-state index contributed by atoms with van der Waals surface area (Å²) in [4.78, 5) is 27.3. The van der Waals surface area contributed by atoms with Crippen molar-refractivity contribution in [2.75, 3.05) is 25.6 Å². The third-order valence-corrected chi connectivity index (χ3v) is 3.42. The van der Waals surface area contributed by atoms with Crippen LogP contribution in [0.3, 0.4) is 0 Å². The average molecular weight is 363 g/mol. The molecule has 1 aromatic rings. The van der Waals surface area contributed by atoms with Gasteiger partial charge in [0.2, 0.25) is 0 Å². The fourth-order valence-corrected chi connectivity index (χ4v) is 2.28. The molecular weight excluding hydrogens is 338 g/mol. The topological polar surface area (TPSA) is 103 Å². The van der Waals surface area contributed by atoms with Gasteiger partial charge in [0.25, 0.3) is 0 Å². The molecule has 0 saturated carbocycles. The predicted octanol–water partition coefficient (Wildman–Crippen LogP) is 3.97. The van der Waals surface area contributed by atoms with Gasteiger partial charge in [0.05, 0.1) is 30.7 Å². The van der Waals surface area contributed by atoms with Crippen molar-refractivity contribution in [2.45, 2.75) is 33.6 Å². The molecule has 0 heterocycles. The van der Waals surface area contributed by atoms with Crippen molar-refractivity contribution in [3.05, 3.63) is 40.1 Å². The summed E-state index contributed by atoms with van der Waals surface area (Å²) in [5.41, 5.74) is 0.976. The highest BCUT2D eigenvalue weighted by Crippen LogP contribution is 2.36. The van der Waals surface area contributed by atoms with Crippen molar-refractivity contribution in [1.29, 1.82) is 0 Å². The lowest BCUT2D eigenvalue weighted by Gasteiger charge is -2.13. The number of hydrogen-bond acceptors (Lipinski definition) is 7. The Labute approximate surface area is 153 Å². The third-order valence-electron chi connectivity index (χ3n) is 3.42. The van der Waals surface area contributed by atoms with Crippen LogP contribution in [0.15, 0.2) is 29.4 Å². The number of nitro benzene ring substituents is 1. The molecule has 0 bridgehead atoms. The Kier molecular flexibility index (Phi) is 8.83. The molecule has 0 atom stereocenters. The van der Waals surface area contributed by atoms with Crippen LogP contribution in [0.1, 0.15) is 44.0 Å². The van der Waals surface area contributed by atoms with Gasteiger partial charge in [-0.3, -0.25) is 15.1 Å². The van der Waals surface area contributed by atoms with Crippen LogP contribution in [0, 0.1) is 10.1 Å². The number of esters is 1. The van der Waals surface area contributed by atoms with Gasteiger partial charge >= 0.3 is 11.7 Å². The molecule has 142 valence electrons. The van der Waals surface area contributed by atoms with Crippen molar-refractivity contribution in [3.8, 4) is 5.75 Å². The predicted molar refractivity (Wildman–Crippen MR) is 101 cm³/mol. The number of ether oxygens (including phenoxy) is 2. The maximum Gasteiger partial charge on any atom is 0.338 e. The number of aliphatic imine (C=N–C) groups is 1. The Morgan fingerprint density at radius 3 is 2.65 bits per heavy atom. The Morgan fingerprint density at radius 2 is 2.12 bits per heavy atom. The summed E-state index contributed by atoms with van der Waals surface area (Å²) in [7, 11) is 1.32. The van der Waals surface area contributed by atoms with Crippen molar-refractivity contribution in [1.82, 2.24) is 0 Å². The SMILES string of the molecule is C/C=C\N=C(CCC)CNc1cc(C(=O)OCC)cc(OC)c1[N+](=O)[O-]. The van der Waals surface area contributed by atoms with E-state index in [1.165, 1.54) is 19.2 Å². The van der Waals surface area contributed by atoms with Crippen LogP contribution in [0.2, 0.25) is 0 Å². The first-order valence-electron chi connectivity index (χ1n) is 8.42. The lowest BCUT2D eigenvalue weighted by Crippen LogP contribution is -2.16. The van der Waals surface area contributed by atoms with E-state index in [9.17, 15) is 14.9 Å². The highest BCUT2D eigenvalue weighted by atomic mass is 16.6.